The number of carbonyl (C=O) groups excluding carboxylic acids is 2. The molecule has 198 valence electrons. The third-order valence-electron chi connectivity index (χ3n) is 6.20. The van der Waals surface area contributed by atoms with E-state index in [1.807, 2.05) is 52.0 Å². The van der Waals surface area contributed by atoms with Crippen LogP contribution >= 0.6 is 11.6 Å². The summed E-state index contributed by atoms with van der Waals surface area (Å²) < 4.78 is 26.5. The molecule has 0 spiro atoms. The number of nitrogens with zero attached hydrogens (tertiary/aromatic N) is 2. The highest BCUT2D eigenvalue weighted by atomic mass is 35.5. The molecular weight excluding hydrogens is 498 g/mol. The van der Waals surface area contributed by atoms with Crippen molar-refractivity contribution >= 4 is 39.1 Å². The largest absolute Gasteiger partial charge is 0.352 e. The van der Waals surface area contributed by atoms with Crippen molar-refractivity contribution in [3.8, 4) is 0 Å². The van der Waals surface area contributed by atoms with E-state index in [4.69, 9.17) is 11.6 Å². The molecule has 0 radical (unpaired) electrons. The van der Waals surface area contributed by atoms with Gasteiger partial charge in [-0.25, -0.2) is 8.42 Å². The minimum atomic E-state index is -3.55. The van der Waals surface area contributed by atoms with Crippen molar-refractivity contribution < 1.29 is 18.0 Å². The summed E-state index contributed by atoms with van der Waals surface area (Å²) in [5.74, 6) is -0.455. The fourth-order valence-electron chi connectivity index (χ4n) is 3.85. The molecule has 2 aromatic rings. The Morgan fingerprint density at radius 1 is 1.08 bits per heavy atom. The fourth-order valence-corrected chi connectivity index (χ4v) is 5.08. The summed E-state index contributed by atoms with van der Waals surface area (Å²) in [4.78, 5) is 27.8. The SMILES string of the molecule is CC[C@@H](C)NC(=O)[C@@H](C)N(Cc1cccc(Cl)c1)C(=O)CCCN(c1cc(C)ccc1C)S(C)(=O)=O. The van der Waals surface area contributed by atoms with Gasteiger partial charge in [-0.2, -0.15) is 0 Å². The molecule has 0 aliphatic heterocycles. The number of rotatable bonds is 12. The predicted octanol–water partition coefficient (Wildman–Crippen LogP) is 4.84. The van der Waals surface area contributed by atoms with E-state index in [2.05, 4.69) is 5.32 Å². The normalized spacial score (nSPS) is 13.1. The number of halogens is 1. The van der Waals surface area contributed by atoms with Crippen molar-refractivity contribution in [3.63, 3.8) is 0 Å². The quantitative estimate of drug-likeness (QED) is 0.421. The smallest absolute Gasteiger partial charge is 0.242 e. The second kappa shape index (κ2) is 13.1. The third-order valence-corrected chi connectivity index (χ3v) is 7.61. The van der Waals surface area contributed by atoms with Crippen LogP contribution in [-0.2, 0) is 26.2 Å². The Morgan fingerprint density at radius 3 is 2.39 bits per heavy atom. The molecule has 0 fully saturated rings. The van der Waals surface area contributed by atoms with Gasteiger partial charge in [0.25, 0.3) is 0 Å². The first-order valence-electron chi connectivity index (χ1n) is 12.2. The number of hydrogen-bond donors (Lipinski definition) is 1. The van der Waals surface area contributed by atoms with Crippen molar-refractivity contribution in [1.82, 2.24) is 10.2 Å². The predicted molar refractivity (Wildman–Crippen MR) is 147 cm³/mol. The number of anilines is 1. The van der Waals surface area contributed by atoms with E-state index in [1.165, 1.54) is 15.5 Å². The van der Waals surface area contributed by atoms with Gasteiger partial charge < -0.3 is 10.2 Å². The van der Waals surface area contributed by atoms with Gasteiger partial charge in [0.05, 0.1) is 11.9 Å². The second-order valence-electron chi connectivity index (χ2n) is 9.37. The van der Waals surface area contributed by atoms with Gasteiger partial charge in [0.1, 0.15) is 6.04 Å². The highest BCUT2D eigenvalue weighted by molar-refractivity contribution is 7.92. The minimum absolute atomic E-state index is 0.0102. The van der Waals surface area contributed by atoms with E-state index in [0.29, 0.717) is 17.1 Å². The van der Waals surface area contributed by atoms with Crippen molar-refractivity contribution in [2.45, 2.75) is 72.5 Å². The number of hydrogen-bond acceptors (Lipinski definition) is 4. The fraction of sp³-hybridized carbons (Fsp3) is 0.481. The monoisotopic (exact) mass is 535 g/mol. The zero-order valence-corrected chi connectivity index (χ0v) is 23.6. The molecule has 2 amide bonds. The number of nitrogens with one attached hydrogen (secondary N) is 1. The van der Waals surface area contributed by atoms with Gasteiger partial charge in [-0.15, -0.1) is 0 Å². The van der Waals surface area contributed by atoms with Crippen LogP contribution in [0.15, 0.2) is 42.5 Å². The van der Waals surface area contributed by atoms with Gasteiger partial charge in [0, 0.05) is 30.6 Å². The van der Waals surface area contributed by atoms with Gasteiger partial charge in [-0.1, -0.05) is 42.8 Å². The molecule has 0 aliphatic carbocycles. The van der Waals surface area contributed by atoms with E-state index in [1.54, 1.807) is 25.1 Å². The molecule has 1 N–H and O–H groups in total. The van der Waals surface area contributed by atoms with Gasteiger partial charge in [0.15, 0.2) is 0 Å². The molecule has 0 bridgehead atoms. The lowest BCUT2D eigenvalue weighted by atomic mass is 10.1. The minimum Gasteiger partial charge on any atom is -0.352 e. The molecule has 2 atom stereocenters. The van der Waals surface area contributed by atoms with Crippen LogP contribution in [0.4, 0.5) is 5.69 Å². The maximum absolute atomic E-state index is 13.4. The molecular formula is C27H38ClN3O4S. The summed E-state index contributed by atoms with van der Waals surface area (Å²) in [6.45, 7) is 9.76. The van der Waals surface area contributed by atoms with E-state index in [-0.39, 0.29) is 37.4 Å². The van der Waals surface area contributed by atoms with Crippen LogP contribution in [0.3, 0.4) is 0 Å². The lowest BCUT2D eigenvalue weighted by Gasteiger charge is -2.30. The van der Waals surface area contributed by atoms with Gasteiger partial charge in [0.2, 0.25) is 21.8 Å². The van der Waals surface area contributed by atoms with Crippen molar-refractivity contribution in [3.05, 3.63) is 64.2 Å². The Kier molecular flexibility index (Phi) is 10.8. The van der Waals surface area contributed by atoms with E-state index < -0.39 is 16.1 Å². The maximum atomic E-state index is 13.4. The molecule has 0 heterocycles. The van der Waals surface area contributed by atoms with Gasteiger partial charge in [-0.3, -0.25) is 13.9 Å². The number of benzene rings is 2. The van der Waals surface area contributed by atoms with Crippen molar-refractivity contribution in [2.75, 3.05) is 17.1 Å². The molecule has 0 saturated heterocycles. The number of carbonyl (C=O) groups is 2. The highest BCUT2D eigenvalue weighted by Crippen LogP contribution is 2.25. The molecule has 2 rings (SSSR count). The first-order valence-corrected chi connectivity index (χ1v) is 14.4. The first-order chi connectivity index (χ1) is 16.8. The Morgan fingerprint density at radius 2 is 1.78 bits per heavy atom. The number of amides is 2. The molecule has 0 aromatic heterocycles. The molecule has 0 aliphatic rings. The molecule has 9 heteroatoms. The van der Waals surface area contributed by atoms with Crippen LogP contribution in [0.5, 0.6) is 0 Å². The Hall–Kier alpha value is -2.58. The summed E-state index contributed by atoms with van der Waals surface area (Å²) in [5, 5.41) is 3.49. The standard InChI is InChI=1S/C27H38ClN3O4S/c1-7-21(4)29-27(33)22(5)30(18-23-10-8-11-24(28)17-23)26(32)12-9-15-31(36(6,34)35)25-16-19(2)13-14-20(25)3/h8,10-11,13-14,16-17,21-22H,7,9,12,15,18H2,1-6H3,(H,29,33)/t21-,22-/m1/s1. The van der Waals surface area contributed by atoms with Crippen LogP contribution in [0.2, 0.25) is 5.02 Å². The topological polar surface area (TPSA) is 86.8 Å². The van der Waals surface area contributed by atoms with Crippen LogP contribution in [0, 0.1) is 13.8 Å². The summed E-state index contributed by atoms with van der Waals surface area (Å²) in [6, 6.07) is 12.1. The van der Waals surface area contributed by atoms with Crippen LogP contribution < -0.4 is 9.62 Å². The molecule has 0 saturated carbocycles. The van der Waals surface area contributed by atoms with Crippen molar-refractivity contribution in [1.29, 1.82) is 0 Å². The molecule has 2 aromatic carbocycles. The number of sulfonamides is 1. The Labute approximate surface area is 220 Å². The van der Waals surface area contributed by atoms with Gasteiger partial charge >= 0.3 is 0 Å². The van der Waals surface area contributed by atoms with Crippen LogP contribution in [0.1, 0.15) is 56.7 Å². The zero-order valence-electron chi connectivity index (χ0n) is 22.0. The summed E-state index contributed by atoms with van der Waals surface area (Å²) in [5.41, 5.74) is 3.22. The van der Waals surface area contributed by atoms with E-state index in [9.17, 15) is 18.0 Å². The average molecular weight is 536 g/mol. The lowest BCUT2D eigenvalue weighted by Crippen LogP contribution is -2.49. The van der Waals surface area contributed by atoms with Crippen LogP contribution in [-0.4, -0.2) is 50.0 Å². The van der Waals surface area contributed by atoms with E-state index >= 15 is 0 Å². The molecule has 36 heavy (non-hydrogen) atoms. The van der Waals surface area contributed by atoms with Crippen molar-refractivity contribution in [2.24, 2.45) is 0 Å². The summed E-state index contributed by atoms with van der Waals surface area (Å²) >= 11 is 6.14. The second-order valence-corrected chi connectivity index (χ2v) is 11.7. The Balaban J connectivity index is 2.21. The van der Waals surface area contributed by atoms with Gasteiger partial charge in [-0.05, 0) is 75.4 Å². The highest BCUT2D eigenvalue weighted by Gasteiger charge is 2.27. The van der Waals surface area contributed by atoms with Crippen LogP contribution in [0.25, 0.3) is 0 Å². The molecule has 0 unspecified atom stereocenters. The number of aryl methyl sites for hydroxylation is 2. The third kappa shape index (κ3) is 8.52. The first kappa shape index (κ1) is 29.6. The summed E-state index contributed by atoms with van der Waals surface area (Å²) in [6.07, 6.45) is 2.35. The Bertz CT molecular complexity index is 1170. The lowest BCUT2D eigenvalue weighted by molar-refractivity contribution is -0.140. The summed E-state index contributed by atoms with van der Waals surface area (Å²) in [7, 11) is -3.55. The average Bonchev–Trinajstić information content (AvgIpc) is 2.80. The zero-order chi connectivity index (χ0) is 27.0. The maximum Gasteiger partial charge on any atom is 0.242 e. The van der Waals surface area contributed by atoms with E-state index in [0.717, 1.165) is 23.1 Å². The molecule has 7 nitrogen and oxygen atoms in total.